The number of hydrogen-bond acceptors (Lipinski definition) is 5. The Hall–Kier alpha value is -1.85. The van der Waals surface area contributed by atoms with Crippen molar-refractivity contribution in [1.82, 2.24) is 20.2 Å². The van der Waals surface area contributed by atoms with Gasteiger partial charge in [0.25, 0.3) is 0 Å². The van der Waals surface area contributed by atoms with Gasteiger partial charge < -0.3 is 10.6 Å². The van der Waals surface area contributed by atoms with Gasteiger partial charge in [0, 0.05) is 12.6 Å². The summed E-state index contributed by atoms with van der Waals surface area (Å²) in [7, 11) is 0. The van der Waals surface area contributed by atoms with Gasteiger partial charge in [-0.05, 0) is 38.5 Å². The van der Waals surface area contributed by atoms with Crippen LogP contribution in [0.15, 0.2) is 6.20 Å². The summed E-state index contributed by atoms with van der Waals surface area (Å²) in [6.45, 7) is 5.14. The molecule has 3 rings (SSSR count). The molecule has 0 atom stereocenters. The van der Waals surface area contributed by atoms with Crippen LogP contribution in [0.2, 0.25) is 0 Å². The van der Waals surface area contributed by atoms with Crippen LogP contribution in [0.25, 0.3) is 11.0 Å². The molecule has 1 aliphatic rings. The first-order valence-electron chi connectivity index (χ1n) is 8.01. The van der Waals surface area contributed by atoms with Crippen molar-refractivity contribution < 1.29 is 0 Å². The Balaban J connectivity index is 1.78. The number of fused-ring (bicyclic) bond motifs is 1. The van der Waals surface area contributed by atoms with E-state index >= 15 is 0 Å². The minimum atomic E-state index is 0.510. The van der Waals surface area contributed by atoms with E-state index < -0.39 is 0 Å². The van der Waals surface area contributed by atoms with Gasteiger partial charge in [-0.3, -0.25) is 5.10 Å². The zero-order valence-corrected chi connectivity index (χ0v) is 12.8. The second-order valence-electron chi connectivity index (χ2n) is 5.83. The highest BCUT2D eigenvalue weighted by atomic mass is 15.2. The average Bonchev–Trinajstić information content (AvgIpc) is 2.97. The Labute approximate surface area is 125 Å². The first-order valence-corrected chi connectivity index (χ1v) is 8.01. The van der Waals surface area contributed by atoms with E-state index in [0.29, 0.717) is 12.0 Å². The van der Waals surface area contributed by atoms with E-state index in [0.717, 1.165) is 29.3 Å². The van der Waals surface area contributed by atoms with Crippen LogP contribution in [0.5, 0.6) is 0 Å². The highest BCUT2D eigenvalue weighted by molar-refractivity contribution is 5.87. The van der Waals surface area contributed by atoms with Crippen LogP contribution in [-0.4, -0.2) is 32.8 Å². The van der Waals surface area contributed by atoms with E-state index in [4.69, 9.17) is 0 Å². The molecule has 0 aromatic carbocycles. The summed E-state index contributed by atoms with van der Waals surface area (Å²) >= 11 is 0. The van der Waals surface area contributed by atoms with Gasteiger partial charge in [-0.2, -0.15) is 15.1 Å². The predicted octanol–water partition coefficient (Wildman–Crippen LogP) is 3.17. The second-order valence-corrected chi connectivity index (χ2v) is 5.83. The lowest BCUT2D eigenvalue weighted by atomic mass is 9.84. The molecule has 1 aliphatic carbocycles. The van der Waals surface area contributed by atoms with E-state index in [2.05, 4.69) is 37.7 Å². The molecule has 6 nitrogen and oxygen atoms in total. The second kappa shape index (κ2) is 6.28. The molecule has 2 aromatic rings. The number of nitrogens with zero attached hydrogens (tertiary/aromatic N) is 3. The molecule has 0 saturated heterocycles. The SMILES string of the molecule is CCNc1nc(NC2CCC(CC)CC2)c2cn[nH]c2n1. The average molecular weight is 288 g/mol. The zero-order chi connectivity index (χ0) is 14.7. The summed E-state index contributed by atoms with van der Waals surface area (Å²) in [6, 6.07) is 0.510. The lowest BCUT2D eigenvalue weighted by molar-refractivity contribution is 0.330. The number of hydrogen-bond donors (Lipinski definition) is 3. The monoisotopic (exact) mass is 288 g/mol. The van der Waals surface area contributed by atoms with Crippen molar-refractivity contribution in [1.29, 1.82) is 0 Å². The van der Waals surface area contributed by atoms with E-state index in [1.54, 1.807) is 6.20 Å². The predicted molar refractivity (Wildman–Crippen MR) is 85.5 cm³/mol. The lowest BCUT2D eigenvalue weighted by Crippen LogP contribution is -2.26. The Morgan fingerprint density at radius 1 is 1.19 bits per heavy atom. The van der Waals surface area contributed by atoms with Crippen molar-refractivity contribution in [3.05, 3.63) is 6.20 Å². The fourth-order valence-corrected chi connectivity index (χ4v) is 3.09. The number of H-pyrrole nitrogens is 1. The third kappa shape index (κ3) is 3.09. The van der Waals surface area contributed by atoms with Gasteiger partial charge in [0.15, 0.2) is 5.65 Å². The molecule has 0 amide bonds. The van der Waals surface area contributed by atoms with Crippen molar-refractivity contribution >= 4 is 22.8 Å². The molecule has 2 aromatic heterocycles. The summed E-state index contributed by atoms with van der Waals surface area (Å²) < 4.78 is 0. The molecule has 1 fully saturated rings. The van der Waals surface area contributed by atoms with Crippen LogP contribution in [0.1, 0.15) is 46.0 Å². The molecule has 6 heteroatoms. The largest absolute Gasteiger partial charge is 0.367 e. The van der Waals surface area contributed by atoms with Crippen molar-refractivity contribution in [2.75, 3.05) is 17.2 Å². The first-order chi connectivity index (χ1) is 10.3. The highest BCUT2D eigenvalue weighted by Gasteiger charge is 2.21. The molecule has 3 N–H and O–H groups in total. The topological polar surface area (TPSA) is 78.5 Å². The maximum absolute atomic E-state index is 4.60. The van der Waals surface area contributed by atoms with Crippen LogP contribution >= 0.6 is 0 Å². The van der Waals surface area contributed by atoms with E-state index in [1.165, 1.54) is 32.1 Å². The molecule has 0 unspecified atom stereocenters. The summed E-state index contributed by atoms with van der Waals surface area (Å²) in [4.78, 5) is 9.03. The van der Waals surface area contributed by atoms with Crippen LogP contribution in [0.4, 0.5) is 11.8 Å². The molecule has 114 valence electrons. The molecule has 0 spiro atoms. The lowest BCUT2D eigenvalue weighted by Gasteiger charge is -2.28. The minimum Gasteiger partial charge on any atom is -0.367 e. The minimum absolute atomic E-state index is 0.510. The smallest absolute Gasteiger partial charge is 0.226 e. The van der Waals surface area contributed by atoms with E-state index in [9.17, 15) is 0 Å². The Morgan fingerprint density at radius 3 is 2.71 bits per heavy atom. The van der Waals surface area contributed by atoms with Crippen LogP contribution in [0.3, 0.4) is 0 Å². The standard InChI is InChI=1S/C15H24N6/c1-3-10-5-7-11(8-6-10)18-13-12-9-17-21-14(12)20-15(19-13)16-4-2/h9-11H,3-8H2,1-2H3,(H3,16,17,18,19,20,21). The Morgan fingerprint density at radius 2 is 2.00 bits per heavy atom. The summed E-state index contributed by atoms with van der Waals surface area (Å²) in [5.41, 5.74) is 0.783. The van der Waals surface area contributed by atoms with Gasteiger partial charge in [-0.1, -0.05) is 13.3 Å². The summed E-state index contributed by atoms with van der Waals surface area (Å²) in [6.07, 6.45) is 8.17. The van der Waals surface area contributed by atoms with Gasteiger partial charge in [-0.15, -0.1) is 0 Å². The van der Waals surface area contributed by atoms with Gasteiger partial charge in [0.05, 0.1) is 11.6 Å². The van der Waals surface area contributed by atoms with Gasteiger partial charge in [0.1, 0.15) is 5.82 Å². The van der Waals surface area contributed by atoms with Crippen molar-refractivity contribution in [3.63, 3.8) is 0 Å². The summed E-state index contributed by atoms with van der Waals surface area (Å²) in [5.74, 6) is 2.45. The van der Waals surface area contributed by atoms with Gasteiger partial charge in [0.2, 0.25) is 5.95 Å². The molecule has 0 radical (unpaired) electrons. The summed E-state index contributed by atoms with van der Waals surface area (Å²) in [5, 5.41) is 14.8. The van der Waals surface area contributed by atoms with Crippen molar-refractivity contribution in [2.45, 2.75) is 52.0 Å². The zero-order valence-electron chi connectivity index (χ0n) is 12.8. The molecule has 21 heavy (non-hydrogen) atoms. The molecule has 0 bridgehead atoms. The number of anilines is 2. The number of aromatic amines is 1. The Kier molecular flexibility index (Phi) is 4.22. The third-order valence-electron chi connectivity index (χ3n) is 4.41. The number of rotatable bonds is 5. The van der Waals surface area contributed by atoms with E-state index in [1.807, 2.05) is 6.92 Å². The molecular weight excluding hydrogens is 264 g/mol. The maximum Gasteiger partial charge on any atom is 0.226 e. The fraction of sp³-hybridized carbons (Fsp3) is 0.667. The van der Waals surface area contributed by atoms with Crippen LogP contribution in [-0.2, 0) is 0 Å². The molecular formula is C15H24N6. The van der Waals surface area contributed by atoms with Crippen LogP contribution < -0.4 is 10.6 Å². The quantitative estimate of drug-likeness (QED) is 0.787. The maximum atomic E-state index is 4.60. The number of aromatic nitrogens is 4. The van der Waals surface area contributed by atoms with Crippen molar-refractivity contribution in [3.8, 4) is 0 Å². The molecule has 1 saturated carbocycles. The van der Waals surface area contributed by atoms with Gasteiger partial charge in [-0.25, -0.2) is 0 Å². The molecule has 0 aliphatic heterocycles. The Bertz CT molecular complexity index is 585. The van der Waals surface area contributed by atoms with Gasteiger partial charge >= 0.3 is 0 Å². The van der Waals surface area contributed by atoms with E-state index in [-0.39, 0.29) is 0 Å². The van der Waals surface area contributed by atoms with Crippen molar-refractivity contribution in [2.24, 2.45) is 5.92 Å². The molecule has 2 heterocycles. The highest BCUT2D eigenvalue weighted by Crippen LogP contribution is 2.29. The normalized spacial score (nSPS) is 22.4. The third-order valence-corrected chi connectivity index (χ3v) is 4.41. The first kappa shape index (κ1) is 14.1. The number of nitrogens with one attached hydrogen (secondary N) is 3. The fourth-order valence-electron chi connectivity index (χ4n) is 3.09. The van der Waals surface area contributed by atoms with Crippen LogP contribution in [0, 0.1) is 5.92 Å².